The van der Waals surface area contributed by atoms with Crippen molar-refractivity contribution in [2.45, 2.75) is 44.7 Å². The maximum absolute atomic E-state index is 12.9. The fraction of sp³-hybridized carbons (Fsp3) is 0.409. The average Bonchev–Trinajstić information content (AvgIpc) is 3.50. The van der Waals surface area contributed by atoms with Crippen molar-refractivity contribution in [2.75, 3.05) is 14.2 Å². The number of amidine groups is 1. The van der Waals surface area contributed by atoms with Gasteiger partial charge in [0.2, 0.25) is 5.91 Å². The van der Waals surface area contributed by atoms with E-state index in [1.165, 1.54) is 18.9 Å². The summed E-state index contributed by atoms with van der Waals surface area (Å²) in [6.45, 7) is 1.97. The molecule has 3 aliphatic rings. The zero-order valence-corrected chi connectivity index (χ0v) is 18.1. The smallest absolute Gasteiger partial charge is 0.338 e. The quantitative estimate of drug-likeness (QED) is 0.671. The Labute approximate surface area is 180 Å². The molecular formula is C22H25N3O4S. The third-order valence-corrected chi connectivity index (χ3v) is 6.24. The number of nitrogens with zero attached hydrogens (tertiary/aromatic N) is 2. The predicted octanol–water partition coefficient (Wildman–Crippen LogP) is 3.50. The third-order valence-electron chi connectivity index (χ3n) is 5.35. The lowest BCUT2D eigenvalue weighted by molar-refractivity contribution is -0.136. The number of benzene rings is 1. The maximum atomic E-state index is 12.9. The van der Waals surface area contributed by atoms with Crippen LogP contribution < -0.4 is 10.1 Å². The molecular weight excluding hydrogens is 402 g/mol. The van der Waals surface area contributed by atoms with Gasteiger partial charge in [0.05, 0.1) is 38.0 Å². The van der Waals surface area contributed by atoms with Crippen molar-refractivity contribution in [3.8, 4) is 5.75 Å². The number of hydrogen-bond donors (Lipinski definition) is 1. The van der Waals surface area contributed by atoms with E-state index in [0.717, 1.165) is 29.3 Å². The maximum Gasteiger partial charge on any atom is 0.338 e. The van der Waals surface area contributed by atoms with Crippen LogP contribution in [0.4, 0.5) is 0 Å². The van der Waals surface area contributed by atoms with Gasteiger partial charge in [0.25, 0.3) is 0 Å². The Morgan fingerprint density at radius 3 is 2.70 bits per heavy atom. The normalized spacial score (nSPS) is 20.4. The number of rotatable bonds is 7. The largest absolute Gasteiger partial charge is 0.496 e. The summed E-state index contributed by atoms with van der Waals surface area (Å²) in [4.78, 5) is 32.1. The molecule has 0 aromatic heterocycles. The molecule has 0 unspecified atom stereocenters. The van der Waals surface area contributed by atoms with Gasteiger partial charge in [-0.25, -0.2) is 9.79 Å². The van der Waals surface area contributed by atoms with Crippen molar-refractivity contribution in [1.29, 1.82) is 0 Å². The van der Waals surface area contributed by atoms with Gasteiger partial charge in [0.1, 0.15) is 5.75 Å². The fourth-order valence-electron chi connectivity index (χ4n) is 3.77. The number of nitrogens with one attached hydrogen (secondary N) is 1. The van der Waals surface area contributed by atoms with E-state index in [9.17, 15) is 9.59 Å². The number of carbonyl (C=O) groups excluding carboxylic acids is 2. The summed E-state index contributed by atoms with van der Waals surface area (Å²) in [5, 5.41) is 5.73. The lowest BCUT2D eigenvalue weighted by Crippen LogP contribution is -2.38. The van der Waals surface area contributed by atoms with Crippen LogP contribution in [0.1, 0.15) is 44.2 Å². The molecule has 158 valence electrons. The van der Waals surface area contributed by atoms with Crippen LogP contribution in [0, 0.1) is 0 Å². The molecule has 1 atom stereocenters. The molecule has 2 aliphatic heterocycles. The van der Waals surface area contributed by atoms with Crippen LogP contribution in [0.3, 0.4) is 0 Å². The summed E-state index contributed by atoms with van der Waals surface area (Å²) in [6, 6.07) is 7.42. The lowest BCUT2D eigenvalue weighted by atomic mass is 9.92. The molecule has 2 heterocycles. The highest BCUT2D eigenvalue weighted by atomic mass is 32.2. The van der Waals surface area contributed by atoms with Crippen molar-refractivity contribution in [2.24, 2.45) is 4.99 Å². The molecule has 0 radical (unpaired) electrons. The van der Waals surface area contributed by atoms with E-state index in [1.54, 1.807) is 7.11 Å². The van der Waals surface area contributed by atoms with Gasteiger partial charge in [-0.3, -0.25) is 4.79 Å². The van der Waals surface area contributed by atoms with Crippen LogP contribution >= 0.6 is 11.8 Å². The first-order valence-corrected chi connectivity index (χ1v) is 10.9. The van der Waals surface area contributed by atoms with Gasteiger partial charge in [0.15, 0.2) is 5.17 Å². The molecule has 7 nitrogen and oxygen atoms in total. The molecule has 1 amide bonds. The van der Waals surface area contributed by atoms with Crippen molar-refractivity contribution in [3.05, 3.63) is 52.2 Å². The van der Waals surface area contributed by atoms with E-state index >= 15 is 0 Å². The summed E-state index contributed by atoms with van der Waals surface area (Å²) in [5.74, 6) is 0.220. The van der Waals surface area contributed by atoms with Crippen LogP contribution in [0.15, 0.2) is 51.6 Å². The topological polar surface area (TPSA) is 80.2 Å². The van der Waals surface area contributed by atoms with Gasteiger partial charge in [-0.15, -0.1) is 0 Å². The van der Waals surface area contributed by atoms with Gasteiger partial charge in [-0.1, -0.05) is 36.9 Å². The van der Waals surface area contributed by atoms with Crippen LogP contribution in [-0.4, -0.2) is 42.2 Å². The van der Waals surface area contributed by atoms with Gasteiger partial charge < -0.3 is 19.7 Å². The molecule has 30 heavy (non-hydrogen) atoms. The van der Waals surface area contributed by atoms with E-state index in [1.807, 2.05) is 41.5 Å². The molecule has 1 aromatic carbocycles. The summed E-state index contributed by atoms with van der Waals surface area (Å²) < 4.78 is 10.7. The van der Waals surface area contributed by atoms with Gasteiger partial charge in [-0.2, -0.15) is 0 Å². The monoisotopic (exact) mass is 427 g/mol. The number of hydrogen-bond acceptors (Lipinski definition) is 7. The first-order chi connectivity index (χ1) is 14.6. The second-order valence-corrected chi connectivity index (χ2v) is 8.20. The third kappa shape index (κ3) is 3.84. The van der Waals surface area contributed by atoms with Gasteiger partial charge >= 0.3 is 5.97 Å². The second kappa shape index (κ2) is 8.55. The second-order valence-electron chi connectivity index (χ2n) is 7.36. The zero-order chi connectivity index (χ0) is 21.3. The van der Waals surface area contributed by atoms with Crippen LogP contribution in [0.25, 0.3) is 0 Å². The number of carbonyl (C=O) groups is 2. The molecule has 0 bridgehead atoms. The molecule has 8 heteroatoms. The highest BCUT2D eigenvalue weighted by Gasteiger charge is 2.42. The Morgan fingerprint density at radius 2 is 2.03 bits per heavy atom. The Bertz CT molecular complexity index is 965. The van der Waals surface area contributed by atoms with E-state index in [-0.39, 0.29) is 12.3 Å². The number of ether oxygens (including phenoxy) is 2. The van der Waals surface area contributed by atoms with Crippen LogP contribution in [-0.2, 0) is 14.3 Å². The minimum Gasteiger partial charge on any atom is -0.496 e. The standard InChI is InChI=1S/C22H25N3O4S/c1-4-16-19(21(27)29-3)20(15-7-5-6-8-17(15)28-2)25-14(12-30-22(25)24-16)11-18(26)23-13-9-10-13/h5-8,12-13,20H,4,9-11H2,1-3H3,(H,23,26)/t20-/m1/s1. The number of amides is 1. The molecule has 1 saturated carbocycles. The number of methoxy groups -OCH3 is 2. The van der Waals surface area contributed by atoms with E-state index in [0.29, 0.717) is 29.5 Å². The molecule has 1 aliphatic carbocycles. The number of aliphatic imine (C=N–C) groups is 1. The summed E-state index contributed by atoms with van der Waals surface area (Å²) in [6.07, 6.45) is 2.89. The van der Waals surface area contributed by atoms with E-state index < -0.39 is 12.0 Å². The highest BCUT2D eigenvalue weighted by molar-refractivity contribution is 8.16. The van der Waals surface area contributed by atoms with Crippen LogP contribution in [0.2, 0.25) is 0 Å². The molecule has 1 fully saturated rings. The minimum atomic E-state index is -0.481. The Kier molecular flexibility index (Phi) is 5.85. The van der Waals surface area contributed by atoms with Gasteiger partial charge in [-0.05, 0) is 30.7 Å². The number of para-hydroxylation sites is 1. The number of esters is 1. The number of fused-ring (bicyclic) bond motifs is 1. The van der Waals surface area contributed by atoms with E-state index in [4.69, 9.17) is 14.5 Å². The Morgan fingerprint density at radius 1 is 1.27 bits per heavy atom. The van der Waals surface area contributed by atoms with Crippen molar-refractivity contribution in [1.82, 2.24) is 10.2 Å². The fourth-order valence-corrected chi connectivity index (χ4v) is 4.71. The van der Waals surface area contributed by atoms with Crippen LogP contribution in [0.5, 0.6) is 5.75 Å². The number of thioether (sulfide) groups is 1. The lowest BCUT2D eigenvalue weighted by Gasteiger charge is -2.37. The average molecular weight is 428 g/mol. The summed E-state index contributed by atoms with van der Waals surface area (Å²) in [5.41, 5.74) is 2.80. The number of allylic oxidation sites excluding steroid dienone is 1. The SMILES string of the molecule is CCC1=C(C(=O)OC)[C@@H](c2ccccc2OC)N2C(CC(=O)NC3CC3)=CSC2=N1. The predicted molar refractivity (Wildman–Crippen MR) is 116 cm³/mol. The Hall–Kier alpha value is -2.74. The molecule has 1 N–H and O–H groups in total. The molecule has 0 saturated heterocycles. The summed E-state index contributed by atoms with van der Waals surface area (Å²) >= 11 is 1.47. The Balaban J connectivity index is 1.78. The van der Waals surface area contributed by atoms with Gasteiger partial charge in [0, 0.05) is 17.3 Å². The van der Waals surface area contributed by atoms with Crippen molar-refractivity contribution >= 4 is 28.8 Å². The molecule has 1 aromatic rings. The van der Waals surface area contributed by atoms with Crippen molar-refractivity contribution < 1.29 is 19.1 Å². The summed E-state index contributed by atoms with van der Waals surface area (Å²) in [7, 11) is 2.98. The first kappa shape index (κ1) is 20.5. The van der Waals surface area contributed by atoms with Crippen molar-refractivity contribution in [3.63, 3.8) is 0 Å². The highest BCUT2D eigenvalue weighted by Crippen LogP contribution is 2.47. The minimum absolute atomic E-state index is 0.0192. The molecule has 4 rings (SSSR count). The van der Waals surface area contributed by atoms with E-state index in [2.05, 4.69) is 5.32 Å². The zero-order valence-electron chi connectivity index (χ0n) is 17.3. The molecule has 0 spiro atoms. The first-order valence-electron chi connectivity index (χ1n) is 10.0.